The van der Waals surface area contributed by atoms with Crippen LogP contribution in [0.1, 0.15) is 18.4 Å². The minimum absolute atomic E-state index is 0.0474. The third kappa shape index (κ3) is 5.88. The van der Waals surface area contributed by atoms with Crippen molar-refractivity contribution in [1.82, 2.24) is 20.6 Å². The number of fused-ring (bicyclic) bond motifs is 1. The Balaban J connectivity index is 1.75. The minimum atomic E-state index is -1.12. The lowest BCUT2D eigenvalue weighted by Crippen LogP contribution is -2.26. The second-order valence-electron chi connectivity index (χ2n) is 6.80. The first-order chi connectivity index (χ1) is 15.4. The molecule has 0 atom stereocenters. The number of carbonyl (C=O) groups is 2. The maximum Gasteiger partial charge on any atom is 0.404 e. The van der Waals surface area contributed by atoms with E-state index in [0.29, 0.717) is 39.6 Å². The second-order valence-corrected chi connectivity index (χ2v) is 7.24. The van der Waals surface area contributed by atoms with Gasteiger partial charge in [0.1, 0.15) is 12.1 Å². The molecule has 0 fully saturated rings. The number of carboxylic acid groups (broad SMARTS) is 1. The lowest BCUT2D eigenvalue weighted by Gasteiger charge is -2.15. The number of nitrogens with one attached hydrogen (secondary N) is 3. The Morgan fingerprint density at radius 1 is 1.16 bits per heavy atom. The molecule has 3 rings (SSSR count). The summed E-state index contributed by atoms with van der Waals surface area (Å²) < 4.78 is 5.13. The Morgan fingerprint density at radius 2 is 1.97 bits per heavy atom. The molecular formula is C21H22ClN5O5. The average Bonchev–Trinajstić information content (AvgIpc) is 2.76. The first-order valence-corrected chi connectivity index (χ1v) is 10.1. The number of rotatable bonds is 9. The minimum Gasteiger partial charge on any atom is -0.504 e. The van der Waals surface area contributed by atoms with E-state index in [-0.39, 0.29) is 31.2 Å². The smallest absolute Gasteiger partial charge is 0.404 e. The average molecular weight is 460 g/mol. The number of amides is 2. The van der Waals surface area contributed by atoms with Gasteiger partial charge in [0.2, 0.25) is 5.91 Å². The summed E-state index contributed by atoms with van der Waals surface area (Å²) in [6.07, 6.45) is 0.849. The van der Waals surface area contributed by atoms with Crippen molar-refractivity contribution in [3.05, 3.63) is 47.2 Å². The molecule has 0 aliphatic rings. The van der Waals surface area contributed by atoms with Crippen LogP contribution in [0, 0.1) is 0 Å². The first-order valence-electron chi connectivity index (χ1n) is 9.68. The number of methoxy groups -OCH3 is 1. The SMILES string of the molecule is COc1cc2ncnc(Nc3cc(Cl)ccc3CNC(=O)CCCNC(=O)O)c2cc1O. The Kier molecular flexibility index (Phi) is 7.50. The zero-order valence-corrected chi connectivity index (χ0v) is 17.9. The van der Waals surface area contributed by atoms with E-state index in [1.165, 1.54) is 19.5 Å². The highest BCUT2D eigenvalue weighted by Gasteiger charge is 2.12. The largest absolute Gasteiger partial charge is 0.504 e. The number of carbonyl (C=O) groups excluding carboxylic acids is 1. The number of phenols is 1. The van der Waals surface area contributed by atoms with Crippen LogP contribution in [0.3, 0.4) is 0 Å². The topological polar surface area (TPSA) is 146 Å². The molecule has 0 saturated heterocycles. The quantitative estimate of drug-likeness (QED) is 0.306. The Labute approximate surface area is 188 Å². The Hall–Kier alpha value is -3.79. The van der Waals surface area contributed by atoms with Gasteiger partial charge < -0.3 is 30.9 Å². The van der Waals surface area contributed by atoms with Crippen LogP contribution < -0.4 is 20.7 Å². The number of halogens is 1. The molecule has 0 spiro atoms. The van der Waals surface area contributed by atoms with E-state index in [4.69, 9.17) is 21.4 Å². The van der Waals surface area contributed by atoms with Crippen LogP contribution in [-0.2, 0) is 11.3 Å². The van der Waals surface area contributed by atoms with Gasteiger partial charge in [-0.25, -0.2) is 14.8 Å². The number of ether oxygens (including phenoxy) is 1. The molecule has 3 aromatic rings. The standard InChI is InChI=1S/C21H22ClN5O5/c1-32-18-9-16-14(8-17(18)28)20(26-11-25-16)27-15-7-13(22)5-4-12(15)10-24-19(29)3-2-6-23-21(30)31/h4-5,7-9,11,23,28H,2-3,6,10H2,1H3,(H,24,29)(H,30,31)(H,25,26,27). The summed E-state index contributed by atoms with van der Waals surface area (Å²) in [7, 11) is 1.45. The maximum atomic E-state index is 12.1. The molecule has 11 heteroatoms. The van der Waals surface area contributed by atoms with Crippen molar-refractivity contribution in [2.45, 2.75) is 19.4 Å². The van der Waals surface area contributed by atoms with E-state index >= 15 is 0 Å². The molecule has 0 bridgehead atoms. The molecule has 1 aromatic heterocycles. The van der Waals surface area contributed by atoms with Gasteiger partial charge in [-0.15, -0.1) is 0 Å². The van der Waals surface area contributed by atoms with E-state index in [9.17, 15) is 14.7 Å². The van der Waals surface area contributed by atoms with Crippen molar-refractivity contribution in [3.8, 4) is 11.5 Å². The first kappa shape index (κ1) is 22.9. The maximum absolute atomic E-state index is 12.1. The van der Waals surface area contributed by atoms with Crippen molar-refractivity contribution in [3.63, 3.8) is 0 Å². The number of hydrogen-bond acceptors (Lipinski definition) is 7. The molecule has 5 N–H and O–H groups in total. The van der Waals surface area contributed by atoms with E-state index in [0.717, 1.165) is 5.56 Å². The molecule has 0 saturated carbocycles. The molecular weight excluding hydrogens is 438 g/mol. The number of aromatic hydroxyl groups is 1. The molecule has 168 valence electrons. The van der Waals surface area contributed by atoms with Crippen LogP contribution in [-0.4, -0.2) is 45.8 Å². The lowest BCUT2D eigenvalue weighted by molar-refractivity contribution is -0.121. The van der Waals surface area contributed by atoms with Crippen LogP contribution in [0.5, 0.6) is 11.5 Å². The molecule has 10 nitrogen and oxygen atoms in total. The lowest BCUT2D eigenvalue weighted by atomic mass is 10.1. The second kappa shape index (κ2) is 10.5. The zero-order valence-electron chi connectivity index (χ0n) is 17.2. The van der Waals surface area contributed by atoms with Gasteiger partial charge in [0.25, 0.3) is 0 Å². The van der Waals surface area contributed by atoms with Crippen LogP contribution in [0.25, 0.3) is 10.9 Å². The molecule has 0 aliphatic heterocycles. The fourth-order valence-corrected chi connectivity index (χ4v) is 3.18. The number of aromatic nitrogens is 2. The van der Waals surface area contributed by atoms with E-state index in [1.54, 1.807) is 24.3 Å². The molecule has 2 amide bonds. The number of hydrogen-bond donors (Lipinski definition) is 5. The van der Waals surface area contributed by atoms with Gasteiger partial charge in [-0.2, -0.15) is 0 Å². The van der Waals surface area contributed by atoms with E-state index in [2.05, 4.69) is 25.9 Å². The van der Waals surface area contributed by atoms with Crippen LogP contribution in [0.4, 0.5) is 16.3 Å². The van der Waals surface area contributed by atoms with Gasteiger partial charge in [0, 0.05) is 41.7 Å². The van der Waals surface area contributed by atoms with Gasteiger partial charge in [0.05, 0.1) is 12.6 Å². The monoisotopic (exact) mass is 459 g/mol. The molecule has 0 aliphatic carbocycles. The van der Waals surface area contributed by atoms with Crippen molar-refractivity contribution >= 4 is 46.0 Å². The number of nitrogens with zero attached hydrogens (tertiary/aromatic N) is 2. The van der Waals surface area contributed by atoms with E-state index in [1.807, 2.05) is 0 Å². The van der Waals surface area contributed by atoms with Gasteiger partial charge in [-0.3, -0.25) is 4.79 Å². The van der Waals surface area contributed by atoms with Gasteiger partial charge >= 0.3 is 6.09 Å². The van der Waals surface area contributed by atoms with Gasteiger partial charge in [-0.05, 0) is 30.2 Å². The third-order valence-electron chi connectivity index (χ3n) is 4.59. The highest BCUT2D eigenvalue weighted by molar-refractivity contribution is 6.30. The predicted octanol–water partition coefficient (Wildman–Crippen LogP) is 3.41. The summed E-state index contributed by atoms with van der Waals surface area (Å²) in [5.74, 6) is 0.491. The van der Waals surface area contributed by atoms with Gasteiger partial charge in [-0.1, -0.05) is 17.7 Å². The summed E-state index contributed by atoms with van der Waals surface area (Å²) in [5, 5.41) is 28.0. The molecule has 32 heavy (non-hydrogen) atoms. The van der Waals surface area contributed by atoms with E-state index < -0.39 is 6.09 Å². The normalized spacial score (nSPS) is 10.6. The summed E-state index contributed by atoms with van der Waals surface area (Å²) in [6.45, 7) is 0.432. The molecule has 2 aromatic carbocycles. The Morgan fingerprint density at radius 3 is 2.72 bits per heavy atom. The summed E-state index contributed by atoms with van der Waals surface area (Å²) >= 11 is 6.17. The fourth-order valence-electron chi connectivity index (χ4n) is 3.01. The van der Waals surface area contributed by atoms with Crippen molar-refractivity contribution in [2.24, 2.45) is 0 Å². The number of phenolic OH excluding ortho intramolecular Hbond substituents is 1. The highest BCUT2D eigenvalue weighted by Crippen LogP contribution is 2.34. The Bertz CT molecular complexity index is 1140. The molecule has 0 unspecified atom stereocenters. The zero-order chi connectivity index (χ0) is 23.1. The summed E-state index contributed by atoms with van der Waals surface area (Å²) in [6, 6.07) is 8.31. The third-order valence-corrected chi connectivity index (χ3v) is 4.83. The number of anilines is 2. The highest BCUT2D eigenvalue weighted by atomic mass is 35.5. The van der Waals surface area contributed by atoms with Gasteiger partial charge in [0.15, 0.2) is 11.5 Å². The molecule has 1 heterocycles. The van der Waals surface area contributed by atoms with Crippen LogP contribution in [0.2, 0.25) is 5.02 Å². The summed E-state index contributed by atoms with van der Waals surface area (Å²) in [4.78, 5) is 31.0. The number of benzene rings is 2. The summed E-state index contributed by atoms with van der Waals surface area (Å²) in [5.41, 5.74) is 1.96. The van der Waals surface area contributed by atoms with Crippen LogP contribution >= 0.6 is 11.6 Å². The van der Waals surface area contributed by atoms with Crippen molar-refractivity contribution in [1.29, 1.82) is 0 Å². The fraction of sp³-hybridized carbons (Fsp3) is 0.238. The van der Waals surface area contributed by atoms with Crippen LogP contribution in [0.15, 0.2) is 36.7 Å². The predicted molar refractivity (Wildman–Crippen MR) is 120 cm³/mol. The molecule has 0 radical (unpaired) electrons. The van der Waals surface area contributed by atoms with Crippen molar-refractivity contribution in [2.75, 3.05) is 19.0 Å². The van der Waals surface area contributed by atoms with Crippen molar-refractivity contribution < 1.29 is 24.5 Å².